The SMILES string of the molecule is COc1c(CCCl)cc(Cl)c(F)c1C1CNC1. The zero-order valence-electron chi connectivity index (χ0n) is 9.53. The van der Waals surface area contributed by atoms with E-state index >= 15 is 0 Å². The molecule has 1 aliphatic heterocycles. The Bertz CT molecular complexity index is 421. The van der Waals surface area contributed by atoms with Crippen molar-refractivity contribution in [3.8, 4) is 5.75 Å². The van der Waals surface area contributed by atoms with E-state index in [0.717, 1.165) is 18.7 Å². The number of ether oxygens (including phenoxy) is 1. The molecule has 1 saturated heterocycles. The van der Waals surface area contributed by atoms with E-state index in [9.17, 15) is 4.39 Å². The Balaban J connectivity index is 2.51. The highest BCUT2D eigenvalue weighted by Crippen LogP contribution is 2.38. The summed E-state index contributed by atoms with van der Waals surface area (Å²) >= 11 is 11.6. The van der Waals surface area contributed by atoms with E-state index in [4.69, 9.17) is 27.9 Å². The van der Waals surface area contributed by atoms with E-state index in [0.29, 0.717) is 23.6 Å². The maximum Gasteiger partial charge on any atom is 0.149 e. The Morgan fingerprint density at radius 2 is 2.24 bits per heavy atom. The minimum absolute atomic E-state index is 0.137. The van der Waals surface area contributed by atoms with Crippen LogP contribution in [0, 0.1) is 5.82 Å². The Hall–Kier alpha value is -0.510. The van der Waals surface area contributed by atoms with Crippen LogP contribution in [0.4, 0.5) is 4.39 Å². The molecule has 0 spiro atoms. The maximum absolute atomic E-state index is 14.1. The van der Waals surface area contributed by atoms with Gasteiger partial charge in [0, 0.05) is 30.5 Å². The lowest BCUT2D eigenvalue weighted by molar-refractivity contribution is 0.370. The molecule has 0 radical (unpaired) electrons. The predicted octanol–water partition coefficient (Wildman–Crippen LogP) is 2.96. The molecule has 0 aliphatic carbocycles. The fourth-order valence-corrected chi connectivity index (χ4v) is 2.51. The topological polar surface area (TPSA) is 21.3 Å². The van der Waals surface area contributed by atoms with Gasteiger partial charge in [-0.05, 0) is 18.1 Å². The summed E-state index contributed by atoms with van der Waals surface area (Å²) < 4.78 is 19.4. The van der Waals surface area contributed by atoms with Crippen LogP contribution in [0.25, 0.3) is 0 Å². The van der Waals surface area contributed by atoms with Crippen LogP contribution < -0.4 is 10.1 Å². The molecular weight excluding hydrogens is 264 g/mol. The number of rotatable bonds is 4. The van der Waals surface area contributed by atoms with Crippen LogP contribution in [-0.4, -0.2) is 26.1 Å². The summed E-state index contributed by atoms with van der Waals surface area (Å²) in [4.78, 5) is 0. The van der Waals surface area contributed by atoms with Crippen molar-refractivity contribution >= 4 is 23.2 Å². The minimum atomic E-state index is -0.367. The Kier molecular flexibility index (Phi) is 4.13. The van der Waals surface area contributed by atoms with Gasteiger partial charge in [0.2, 0.25) is 0 Å². The van der Waals surface area contributed by atoms with Gasteiger partial charge in [-0.2, -0.15) is 0 Å². The average molecular weight is 278 g/mol. The summed E-state index contributed by atoms with van der Waals surface area (Å²) in [6.07, 6.45) is 0.623. The van der Waals surface area contributed by atoms with E-state index in [1.165, 1.54) is 0 Å². The van der Waals surface area contributed by atoms with Gasteiger partial charge >= 0.3 is 0 Å². The number of benzene rings is 1. The number of nitrogens with one attached hydrogen (secondary N) is 1. The summed E-state index contributed by atoms with van der Waals surface area (Å²) in [6, 6.07) is 1.60. The van der Waals surface area contributed by atoms with Crippen LogP contribution in [0.3, 0.4) is 0 Å². The molecule has 1 N–H and O–H groups in total. The number of hydrogen-bond acceptors (Lipinski definition) is 2. The molecule has 1 heterocycles. The Labute approximate surface area is 110 Å². The van der Waals surface area contributed by atoms with Crippen LogP contribution >= 0.6 is 23.2 Å². The quantitative estimate of drug-likeness (QED) is 0.855. The van der Waals surface area contributed by atoms with Gasteiger partial charge < -0.3 is 10.1 Å². The number of halogens is 3. The molecule has 5 heteroatoms. The standard InChI is InChI=1S/C12H14Cl2FNO/c1-17-12-7(2-3-13)4-9(14)11(15)10(12)8-5-16-6-8/h4,8,16H,2-3,5-6H2,1H3. The van der Waals surface area contributed by atoms with Crippen molar-refractivity contribution in [2.45, 2.75) is 12.3 Å². The summed E-state index contributed by atoms with van der Waals surface area (Å²) in [5, 5.41) is 3.26. The molecule has 0 amide bonds. The second-order valence-electron chi connectivity index (χ2n) is 4.07. The monoisotopic (exact) mass is 277 g/mol. The lowest BCUT2D eigenvalue weighted by Gasteiger charge is -2.30. The lowest BCUT2D eigenvalue weighted by Crippen LogP contribution is -2.40. The maximum atomic E-state index is 14.1. The van der Waals surface area contributed by atoms with Gasteiger partial charge in [0.15, 0.2) is 0 Å². The molecule has 2 rings (SSSR count). The van der Waals surface area contributed by atoms with E-state index in [1.807, 2.05) is 0 Å². The number of aryl methyl sites for hydroxylation is 1. The molecular formula is C12H14Cl2FNO. The van der Waals surface area contributed by atoms with Gasteiger partial charge in [-0.1, -0.05) is 11.6 Å². The minimum Gasteiger partial charge on any atom is -0.496 e. The molecule has 0 atom stereocenters. The zero-order valence-corrected chi connectivity index (χ0v) is 11.0. The summed E-state index contributed by atoms with van der Waals surface area (Å²) in [7, 11) is 1.55. The molecule has 1 aliphatic rings. The van der Waals surface area contributed by atoms with Crippen molar-refractivity contribution in [2.75, 3.05) is 26.1 Å². The summed E-state index contributed by atoms with van der Waals surface area (Å²) in [5.74, 6) is 0.825. The Morgan fingerprint density at radius 1 is 1.53 bits per heavy atom. The largest absolute Gasteiger partial charge is 0.496 e. The van der Waals surface area contributed by atoms with E-state index in [1.54, 1.807) is 13.2 Å². The first kappa shape index (κ1) is 12.9. The van der Waals surface area contributed by atoms with Crippen molar-refractivity contribution in [1.29, 1.82) is 0 Å². The molecule has 0 saturated carbocycles. The van der Waals surface area contributed by atoms with Crippen LogP contribution in [0.15, 0.2) is 6.07 Å². The number of methoxy groups -OCH3 is 1. The van der Waals surface area contributed by atoms with Crippen molar-refractivity contribution in [3.05, 3.63) is 28.0 Å². The fraction of sp³-hybridized carbons (Fsp3) is 0.500. The molecule has 17 heavy (non-hydrogen) atoms. The van der Waals surface area contributed by atoms with E-state index in [2.05, 4.69) is 5.32 Å². The molecule has 0 aromatic heterocycles. The van der Waals surface area contributed by atoms with Gasteiger partial charge in [-0.25, -0.2) is 4.39 Å². The molecule has 0 unspecified atom stereocenters. The molecule has 0 bridgehead atoms. The van der Waals surface area contributed by atoms with Gasteiger partial charge in [0.1, 0.15) is 11.6 Å². The predicted molar refractivity (Wildman–Crippen MR) is 68.0 cm³/mol. The third-order valence-electron chi connectivity index (χ3n) is 3.04. The second-order valence-corrected chi connectivity index (χ2v) is 4.86. The normalized spacial score (nSPS) is 15.8. The molecule has 1 aromatic rings. The van der Waals surface area contributed by atoms with Crippen molar-refractivity contribution in [1.82, 2.24) is 5.32 Å². The third kappa shape index (κ3) is 2.37. The molecule has 1 fully saturated rings. The van der Waals surface area contributed by atoms with Crippen LogP contribution in [0.5, 0.6) is 5.75 Å². The highest BCUT2D eigenvalue weighted by molar-refractivity contribution is 6.31. The number of alkyl halides is 1. The lowest BCUT2D eigenvalue weighted by atomic mass is 9.90. The Morgan fingerprint density at radius 3 is 2.71 bits per heavy atom. The third-order valence-corrected chi connectivity index (χ3v) is 3.51. The second kappa shape index (κ2) is 5.42. The van der Waals surface area contributed by atoms with Gasteiger partial charge in [-0.3, -0.25) is 0 Å². The highest BCUT2D eigenvalue weighted by atomic mass is 35.5. The first-order chi connectivity index (χ1) is 8.19. The van der Waals surface area contributed by atoms with Crippen molar-refractivity contribution < 1.29 is 9.13 Å². The molecule has 94 valence electrons. The van der Waals surface area contributed by atoms with Gasteiger partial charge in [-0.15, -0.1) is 11.6 Å². The van der Waals surface area contributed by atoms with Crippen molar-refractivity contribution in [2.24, 2.45) is 0 Å². The van der Waals surface area contributed by atoms with Crippen LogP contribution in [0.2, 0.25) is 5.02 Å². The smallest absolute Gasteiger partial charge is 0.149 e. The zero-order chi connectivity index (χ0) is 12.4. The van der Waals surface area contributed by atoms with Crippen LogP contribution in [0.1, 0.15) is 17.0 Å². The van der Waals surface area contributed by atoms with E-state index in [-0.39, 0.29) is 16.8 Å². The first-order valence-corrected chi connectivity index (χ1v) is 6.41. The summed E-state index contributed by atoms with van der Waals surface area (Å²) in [6.45, 7) is 1.52. The number of hydrogen-bond donors (Lipinski definition) is 1. The van der Waals surface area contributed by atoms with Gasteiger partial charge in [0.25, 0.3) is 0 Å². The molecule has 2 nitrogen and oxygen atoms in total. The van der Waals surface area contributed by atoms with Crippen molar-refractivity contribution in [3.63, 3.8) is 0 Å². The molecule has 1 aromatic carbocycles. The average Bonchev–Trinajstić information content (AvgIpc) is 2.23. The summed E-state index contributed by atoms with van der Waals surface area (Å²) in [5.41, 5.74) is 1.45. The first-order valence-electron chi connectivity index (χ1n) is 5.50. The fourth-order valence-electron chi connectivity index (χ4n) is 2.07. The van der Waals surface area contributed by atoms with Crippen LogP contribution in [-0.2, 0) is 6.42 Å². The highest BCUT2D eigenvalue weighted by Gasteiger charge is 2.29. The van der Waals surface area contributed by atoms with Gasteiger partial charge in [0.05, 0.1) is 12.1 Å². The van der Waals surface area contributed by atoms with E-state index < -0.39 is 0 Å².